The Labute approximate surface area is 236 Å². The van der Waals surface area contributed by atoms with Gasteiger partial charge in [0.25, 0.3) is 5.91 Å². The Morgan fingerprint density at radius 3 is 1.98 bits per heavy atom. The SMILES string of the molecule is CC(C)N1CCC2(CCN2C(=O)c2ccnn2C)C1.CC(C)N1CCC2(CCN2C(=O)n2cnc(CC#N)n2)C1. The van der Waals surface area contributed by atoms with E-state index in [1.54, 1.807) is 10.9 Å². The standard InChI is InChI=1S/C14H20N6O.C14H22N4O/c1-11(2)18-7-4-14(9-18)5-8-19(14)13(21)20-10-16-12(17-20)3-6-15;1-11(2)17-8-5-14(10-17)6-9-18(14)13(19)12-4-7-15-16(12)3/h10-11H,3-5,7-9H2,1-2H3;4,7,11H,5-6,8-10H2,1-3H3. The Morgan fingerprint density at radius 2 is 1.52 bits per heavy atom. The van der Waals surface area contributed by atoms with Crippen molar-refractivity contribution in [1.82, 2.24) is 44.1 Å². The van der Waals surface area contributed by atoms with Gasteiger partial charge in [0.15, 0.2) is 5.82 Å². The Hall–Kier alpha value is -3.30. The van der Waals surface area contributed by atoms with Crippen LogP contribution in [-0.4, -0.2) is 119 Å². The van der Waals surface area contributed by atoms with Crippen LogP contribution in [0.25, 0.3) is 0 Å². The van der Waals surface area contributed by atoms with Gasteiger partial charge in [-0.15, -0.1) is 5.10 Å². The van der Waals surface area contributed by atoms with Crippen LogP contribution < -0.4 is 0 Å². The Bertz CT molecular complexity index is 1280. The molecule has 0 N–H and O–H groups in total. The minimum atomic E-state index is -0.122. The fourth-order valence-corrected chi connectivity index (χ4v) is 6.59. The molecule has 0 radical (unpaired) electrons. The maximum absolute atomic E-state index is 12.6. The number of likely N-dealkylation sites (tertiary alicyclic amines) is 4. The highest BCUT2D eigenvalue weighted by Crippen LogP contribution is 2.41. The van der Waals surface area contributed by atoms with Crippen LogP contribution in [-0.2, 0) is 13.5 Å². The Kier molecular flexibility index (Phi) is 7.72. The van der Waals surface area contributed by atoms with Gasteiger partial charge in [0.1, 0.15) is 12.0 Å². The van der Waals surface area contributed by atoms with Gasteiger partial charge in [0.2, 0.25) is 0 Å². The first-order valence-electron chi connectivity index (χ1n) is 14.5. The second kappa shape index (κ2) is 10.9. The van der Waals surface area contributed by atoms with E-state index >= 15 is 0 Å². The summed E-state index contributed by atoms with van der Waals surface area (Å²) in [6, 6.07) is 4.75. The summed E-state index contributed by atoms with van der Waals surface area (Å²) in [4.78, 5) is 38.0. The van der Waals surface area contributed by atoms with Gasteiger partial charge < -0.3 is 9.80 Å². The molecule has 2 unspecified atom stereocenters. The molecule has 40 heavy (non-hydrogen) atoms. The molecule has 6 rings (SSSR count). The molecule has 0 aliphatic carbocycles. The second-order valence-electron chi connectivity index (χ2n) is 12.2. The molecule has 216 valence electrons. The molecule has 4 fully saturated rings. The Morgan fingerprint density at radius 1 is 0.950 bits per heavy atom. The van der Waals surface area contributed by atoms with Crippen molar-refractivity contribution in [3.63, 3.8) is 0 Å². The largest absolute Gasteiger partial charge is 0.346 e. The van der Waals surface area contributed by atoms with E-state index in [1.807, 2.05) is 24.1 Å². The molecule has 2 amide bonds. The van der Waals surface area contributed by atoms with Crippen LogP contribution in [0, 0.1) is 11.3 Å². The number of nitriles is 1. The number of aryl methyl sites for hydroxylation is 1. The molecule has 4 aliphatic heterocycles. The lowest BCUT2D eigenvalue weighted by Crippen LogP contribution is -2.64. The summed E-state index contributed by atoms with van der Waals surface area (Å²) in [5.41, 5.74) is 0.760. The van der Waals surface area contributed by atoms with Crippen molar-refractivity contribution in [3.05, 3.63) is 30.1 Å². The van der Waals surface area contributed by atoms with E-state index in [2.05, 4.69) is 57.6 Å². The molecule has 4 aliphatic rings. The average molecular weight is 551 g/mol. The number of amides is 2. The van der Waals surface area contributed by atoms with E-state index in [0.717, 1.165) is 65.0 Å². The van der Waals surface area contributed by atoms with E-state index in [1.165, 1.54) is 11.0 Å². The predicted octanol–water partition coefficient (Wildman–Crippen LogP) is 1.99. The summed E-state index contributed by atoms with van der Waals surface area (Å²) in [7, 11) is 1.83. The number of rotatable bonds is 4. The van der Waals surface area contributed by atoms with E-state index in [4.69, 9.17) is 5.26 Å². The zero-order valence-corrected chi connectivity index (χ0v) is 24.5. The summed E-state index contributed by atoms with van der Waals surface area (Å²) in [5, 5.41) is 16.8. The number of aromatic nitrogens is 5. The zero-order chi connectivity index (χ0) is 28.7. The summed E-state index contributed by atoms with van der Waals surface area (Å²) in [6.07, 6.45) is 7.56. The van der Waals surface area contributed by atoms with Crippen molar-refractivity contribution in [1.29, 1.82) is 5.26 Å². The molecule has 12 nitrogen and oxygen atoms in total. The van der Waals surface area contributed by atoms with Crippen LogP contribution in [0.2, 0.25) is 0 Å². The maximum Gasteiger partial charge on any atom is 0.346 e. The fraction of sp³-hybridized carbons (Fsp3) is 0.714. The fourth-order valence-electron chi connectivity index (χ4n) is 6.59. The van der Waals surface area contributed by atoms with E-state index in [0.29, 0.717) is 23.6 Å². The third-order valence-electron chi connectivity index (χ3n) is 9.42. The van der Waals surface area contributed by atoms with Crippen LogP contribution in [0.3, 0.4) is 0 Å². The summed E-state index contributed by atoms with van der Waals surface area (Å²) in [6.45, 7) is 14.6. The van der Waals surface area contributed by atoms with Crippen LogP contribution in [0.15, 0.2) is 18.6 Å². The third kappa shape index (κ3) is 5.01. The smallest absolute Gasteiger partial charge is 0.330 e. The van der Waals surface area contributed by atoms with Crippen LogP contribution in [0.5, 0.6) is 0 Å². The molecule has 2 spiro atoms. The highest BCUT2D eigenvalue weighted by atomic mass is 16.2. The monoisotopic (exact) mass is 550 g/mol. The van der Waals surface area contributed by atoms with E-state index in [9.17, 15) is 9.59 Å². The van der Waals surface area contributed by atoms with Gasteiger partial charge in [-0.05, 0) is 59.4 Å². The van der Waals surface area contributed by atoms with Crippen molar-refractivity contribution in [2.45, 2.75) is 83.0 Å². The number of nitrogens with zero attached hydrogens (tertiary/aromatic N) is 10. The van der Waals surface area contributed by atoms with Crippen molar-refractivity contribution in [2.24, 2.45) is 7.05 Å². The van der Waals surface area contributed by atoms with Gasteiger partial charge in [-0.3, -0.25) is 19.3 Å². The van der Waals surface area contributed by atoms with Crippen molar-refractivity contribution in [3.8, 4) is 6.07 Å². The van der Waals surface area contributed by atoms with Gasteiger partial charge in [-0.2, -0.15) is 15.0 Å². The van der Waals surface area contributed by atoms with Crippen LogP contribution >= 0.6 is 0 Å². The minimum Gasteiger partial charge on any atom is -0.330 e. The average Bonchev–Trinajstić information content (AvgIpc) is 3.69. The quantitative estimate of drug-likeness (QED) is 0.567. The lowest BCUT2D eigenvalue weighted by atomic mass is 9.83. The highest BCUT2D eigenvalue weighted by Gasteiger charge is 2.53. The van der Waals surface area contributed by atoms with Gasteiger partial charge >= 0.3 is 6.03 Å². The first-order chi connectivity index (χ1) is 19.1. The maximum atomic E-state index is 12.6. The van der Waals surface area contributed by atoms with Gasteiger partial charge in [-0.1, -0.05) is 0 Å². The molecular weight excluding hydrogens is 508 g/mol. The number of carbonyl (C=O) groups is 2. The highest BCUT2D eigenvalue weighted by molar-refractivity contribution is 5.93. The molecule has 6 heterocycles. The molecule has 2 atom stereocenters. The van der Waals surface area contributed by atoms with Crippen molar-refractivity contribution < 1.29 is 9.59 Å². The van der Waals surface area contributed by atoms with Gasteiger partial charge in [0.05, 0.1) is 23.6 Å². The second-order valence-corrected chi connectivity index (χ2v) is 12.2. The van der Waals surface area contributed by atoms with Gasteiger partial charge in [-0.25, -0.2) is 9.78 Å². The molecule has 0 saturated carbocycles. The number of hydrogen-bond acceptors (Lipinski definition) is 8. The molecule has 2 aromatic heterocycles. The Balaban J connectivity index is 0.000000162. The first kappa shape index (κ1) is 28.2. The van der Waals surface area contributed by atoms with Gasteiger partial charge in [0, 0.05) is 64.6 Å². The summed E-state index contributed by atoms with van der Waals surface area (Å²) >= 11 is 0. The third-order valence-corrected chi connectivity index (χ3v) is 9.42. The van der Waals surface area contributed by atoms with E-state index in [-0.39, 0.29) is 29.4 Å². The normalized spacial score (nSPS) is 26.2. The predicted molar refractivity (Wildman–Crippen MR) is 148 cm³/mol. The van der Waals surface area contributed by atoms with Crippen LogP contribution in [0.4, 0.5) is 4.79 Å². The molecule has 0 aromatic carbocycles. The minimum absolute atomic E-state index is 0.0251. The van der Waals surface area contributed by atoms with E-state index < -0.39 is 0 Å². The molecule has 4 saturated heterocycles. The lowest BCUT2D eigenvalue weighted by Gasteiger charge is -2.51. The van der Waals surface area contributed by atoms with Crippen molar-refractivity contribution in [2.75, 3.05) is 39.3 Å². The van der Waals surface area contributed by atoms with Crippen LogP contribution in [0.1, 0.15) is 69.7 Å². The molecule has 12 heteroatoms. The molecular formula is C28H42N10O2. The first-order valence-corrected chi connectivity index (χ1v) is 14.5. The summed E-state index contributed by atoms with van der Waals surface area (Å²) in [5.74, 6) is 0.535. The number of carbonyl (C=O) groups excluding carboxylic acids is 2. The lowest BCUT2D eigenvalue weighted by molar-refractivity contribution is -0.0000921. The number of hydrogen-bond donors (Lipinski definition) is 0. The molecule has 0 bridgehead atoms. The van der Waals surface area contributed by atoms with Crippen molar-refractivity contribution >= 4 is 11.9 Å². The molecule has 2 aromatic rings. The topological polar surface area (TPSA) is 119 Å². The zero-order valence-electron chi connectivity index (χ0n) is 24.5. The summed E-state index contributed by atoms with van der Waals surface area (Å²) < 4.78 is 2.94.